The van der Waals surface area contributed by atoms with E-state index >= 15 is 0 Å². The topological polar surface area (TPSA) is 45.0 Å². The van der Waals surface area contributed by atoms with Crippen molar-refractivity contribution in [2.75, 3.05) is 11.6 Å². The molecule has 0 N–H and O–H groups in total. The third-order valence-electron chi connectivity index (χ3n) is 1.60. The fourth-order valence-electron chi connectivity index (χ4n) is 1.04. The van der Waals surface area contributed by atoms with Gasteiger partial charge in [-0.3, -0.25) is 4.79 Å². The fourth-order valence-corrected chi connectivity index (χ4v) is 1.04. The van der Waals surface area contributed by atoms with Crippen LogP contribution in [-0.4, -0.2) is 12.5 Å². The normalized spacial score (nSPS) is 15.7. The van der Waals surface area contributed by atoms with Crippen LogP contribution in [0.3, 0.4) is 0 Å². The van der Waals surface area contributed by atoms with Gasteiger partial charge >= 0.3 is 0 Å². The number of carbonyl (C=O) groups excluding carboxylic acids is 1. The van der Waals surface area contributed by atoms with E-state index in [0.717, 1.165) is 5.69 Å². The predicted octanol–water partition coefficient (Wildman–Crippen LogP) is 1.40. The van der Waals surface area contributed by atoms with Crippen LogP contribution in [0.25, 0.3) is 0 Å². The van der Waals surface area contributed by atoms with Gasteiger partial charge in [-0.05, 0) is 12.1 Å². The van der Waals surface area contributed by atoms with E-state index in [1.54, 1.807) is 0 Å². The highest BCUT2D eigenvalue weighted by Gasteiger charge is 2.19. The van der Waals surface area contributed by atoms with E-state index in [0.29, 0.717) is 0 Å². The molecule has 0 unspecified atom stereocenters. The molecule has 0 saturated carbocycles. The smallest absolute Gasteiger partial charge is 0.270 e. The van der Waals surface area contributed by atoms with Gasteiger partial charge in [-0.1, -0.05) is 23.4 Å². The number of carbonyl (C=O) groups is 1. The maximum Gasteiger partial charge on any atom is 0.272 e. The number of amides is 1. The average molecular weight is 161 g/mol. The van der Waals surface area contributed by atoms with Crippen molar-refractivity contribution in [2.24, 2.45) is 10.3 Å². The van der Waals surface area contributed by atoms with Crippen molar-refractivity contribution in [3.63, 3.8) is 0 Å². The summed E-state index contributed by atoms with van der Waals surface area (Å²) in [6.45, 7) is 0.162. The van der Waals surface area contributed by atoms with Gasteiger partial charge in [0.1, 0.15) is 6.54 Å². The number of anilines is 1. The quantitative estimate of drug-likeness (QED) is 0.614. The molecule has 0 atom stereocenters. The third kappa shape index (κ3) is 1.07. The van der Waals surface area contributed by atoms with Crippen molar-refractivity contribution >= 4 is 11.6 Å². The molecule has 4 heteroatoms. The van der Waals surface area contributed by atoms with Crippen LogP contribution in [0.15, 0.2) is 40.7 Å². The second-order valence-electron chi connectivity index (χ2n) is 2.43. The Bertz CT molecular complexity index is 320. The molecule has 0 aromatic heterocycles. The molecule has 1 aliphatic heterocycles. The molecule has 1 amide bonds. The van der Waals surface area contributed by atoms with Crippen LogP contribution in [0, 0.1) is 0 Å². The van der Waals surface area contributed by atoms with Gasteiger partial charge < -0.3 is 0 Å². The first-order chi connectivity index (χ1) is 5.88. The molecule has 1 aromatic rings. The Morgan fingerprint density at radius 2 is 2.00 bits per heavy atom. The molecule has 1 heterocycles. The number of benzene rings is 1. The van der Waals surface area contributed by atoms with Crippen LogP contribution in [0.5, 0.6) is 0 Å². The molecule has 2 rings (SSSR count). The van der Waals surface area contributed by atoms with E-state index in [2.05, 4.69) is 10.3 Å². The zero-order chi connectivity index (χ0) is 8.39. The highest BCUT2D eigenvalue weighted by Crippen LogP contribution is 2.16. The number of rotatable bonds is 1. The zero-order valence-electron chi connectivity index (χ0n) is 6.34. The molecule has 4 nitrogen and oxygen atoms in total. The van der Waals surface area contributed by atoms with Gasteiger partial charge in [0.05, 0.1) is 5.69 Å². The highest BCUT2D eigenvalue weighted by molar-refractivity contribution is 5.95. The summed E-state index contributed by atoms with van der Waals surface area (Å²) in [6, 6.07) is 9.25. The Morgan fingerprint density at radius 1 is 1.25 bits per heavy atom. The first-order valence-corrected chi connectivity index (χ1v) is 3.63. The molecule has 0 spiro atoms. The van der Waals surface area contributed by atoms with Crippen LogP contribution >= 0.6 is 0 Å². The second-order valence-corrected chi connectivity index (χ2v) is 2.43. The number of nitrogens with zero attached hydrogens (tertiary/aromatic N) is 3. The molecule has 0 bridgehead atoms. The van der Waals surface area contributed by atoms with E-state index in [1.165, 1.54) is 5.01 Å². The summed E-state index contributed by atoms with van der Waals surface area (Å²) in [6.07, 6.45) is 0. The number of hydrogen-bond donors (Lipinski definition) is 0. The largest absolute Gasteiger partial charge is 0.272 e. The SMILES string of the molecule is O=C1CN=NN1c1ccccc1. The van der Waals surface area contributed by atoms with Crippen molar-refractivity contribution in [3.8, 4) is 0 Å². The summed E-state index contributed by atoms with van der Waals surface area (Å²) in [5.74, 6) is -0.0822. The standard InChI is InChI=1S/C8H7N3O/c12-8-6-9-10-11(8)7-4-2-1-3-5-7/h1-5H,6H2. The van der Waals surface area contributed by atoms with Gasteiger partial charge in [-0.2, -0.15) is 10.1 Å². The van der Waals surface area contributed by atoms with Gasteiger partial charge in [0, 0.05) is 0 Å². The maximum absolute atomic E-state index is 11.1. The van der Waals surface area contributed by atoms with E-state index in [1.807, 2.05) is 30.3 Å². The molecule has 0 aliphatic carbocycles. The molecule has 0 radical (unpaired) electrons. The molecule has 1 aliphatic rings. The van der Waals surface area contributed by atoms with E-state index < -0.39 is 0 Å². The zero-order valence-corrected chi connectivity index (χ0v) is 6.34. The summed E-state index contributed by atoms with van der Waals surface area (Å²) in [7, 11) is 0. The highest BCUT2D eigenvalue weighted by atomic mass is 16.2. The first kappa shape index (κ1) is 6.97. The van der Waals surface area contributed by atoms with Gasteiger partial charge in [0.15, 0.2) is 0 Å². The first-order valence-electron chi connectivity index (χ1n) is 3.63. The third-order valence-corrected chi connectivity index (χ3v) is 1.60. The minimum Gasteiger partial charge on any atom is -0.270 e. The Kier molecular flexibility index (Phi) is 1.59. The lowest BCUT2D eigenvalue weighted by molar-refractivity contribution is -0.116. The summed E-state index contributed by atoms with van der Waals surface area (Å²) in [5.41, 5.74) is 0.767. The van der Waals surface area contributed by atoms with Crippen molar-refractivity contribution in [3.05, 3.63) is 30.3 Å². The molecular formula is C8H7N3O. The molecule has 12 heavy (non-hydrogen) atoms. The maximum atomic E-state index is 11.1. The van der Waals surface area contributed by atoms with Crippen LogP contribution < -0.4 is 5.01 Å². The molecule has 0 fully saturated rings. The van der Waals surface area contributed by atoms with Crippen molar-refractivity contribution < 1.29 is 4.79 Å². The second kappa shape index (κ2) is 2.73. The Labute approximate surface area is 69.5 Å². The summed E-state index contributed by atoms with van der Waals surface area (Å²) in [5, 5.41) is 8.62. The number of para-hydroxylation sites is 1. The van der Waals surface area contributed by atoms with Crippen molar-refractivity contribution in [2.45, 2.75) is 0 Å². The molecule has 60 valence electrons. The Hall–Kier alpha value is -1.71. The van der Waals surface area contributed by atoms with Gasteiger partial charge in [0.25, 0.3) is 5.91 Å². The van der Waals surface area contributed by atoms with Gasteiger partial charge in [-0.15, -0.1) is 0 Å². The summed E-state index contributed by atoms with van der Waals surface area (Å²) in [4.78, 5) is 11.1. The lowest BCUT2D eigenvalue weighted by Gasteiger charge is -2.08. The number of hydrogen-bond acceptors (Lipinski definition) is 3. The van der Waals surface area contributed by atoms with Crippen LogP contribution in [-0.2, 0) is 4.79 Å². The van der Waals surface area contributed by atoms with E-state index in [9.17, 15) is 4.79 Å². The molecule has 1 aromatic carbocycles. The van der Waals surface area contributed by atoms with Crippen molar-refractivity contribution in [1.29, 1.82) is 0 Å². The minimum absolute atomic E-state index is 0.0822. The lowest BCUT2D eigenvalue weighted by atomic mass is 10.3. The van der Waals surface area contributed by atoms with Crippen LogP contribution in [0.1, 0.15) is 0 Å². The lowest BCUT2D eigenvalue weighted by Crippen LogP contribution is -2.21. The fraction of sp³-hybridized carbons (Fsp3) is 0.125. The van der Waals surface area contributed by atoms with E-state index in [-0.39, 0.29) is 12.5 Å². The summed E-state index contributed by atoms with van der Waals surface area (Å²) >= 11 is 0. The predicted molar refractivity (Wildman–Crippen MR) is 43.7 cm³/mol. The monoisotopic (exact) mass is 161 g/mol. The summed E-state index contributed by atoms with van der Waals surface area (Å²) < 4.78 is 0. The van der Waals surface area contributed by atoms with Gasteiger partial charge in [0.2, 0.25) is 0 Å². The van der Waals surface area contributed by atoms with E-state index in [4.69, 9.17) is 0 Å². The van der Waals surface area contributed by atoms with Crippen molar-refractivity contribution in [1.82, 2.24) is 0 Å². The van der Waals surface area contributed by atoms with Crippen LogP contribution in [0.2, 0.25) is 0 Å². The Morgan fingerprint density at radius 3 is 2.58 bits per heavy atom. The average Bonchev–Trinajstić information content (AvgIpc) is 2.53. The van der Waals surface area contributed by atoms with Crippen LogP contribution in [0.4, 0.5) is 5.69 Å². The van der Waals surface area contributed by atoms with Gasteiger partial charge in [-0.25, -0.2) is 0 Å². The molecule has 0 saturated heterocycles. The molecular weight excluding hydrogens is 154 g/mol. The minimum atomic E-state index is -0.0822. The Balaban J connectivity index is 2.31.